The SMILES string of the molecule is CCOc1cc(/C=N\NC(=O)c2ccc(C)cc2)c(Br)cc1OCc1ccc(Cl)cc1. The van der Waals surface area contributed by atoms with Crippen LogP contribution in [0.5, 0.6) is 11.5 Å². The molecule has 0 fully saturated rings. The van der Waals surface area contributed by atoms with Gasteiger partial charge in [-0.1, -0.05) is 41.4 Å². The van der Waals surface area contributed by atoms with Crippen LogP contribution < -0.4 is 14.9 Å². The van der Waals surface area contributed by atoms with Gasteiger partial charge in [0.1, 0.15) is 6.61 Å². The van der Waals surface area contributed by atoms with Gasteiger partial charge in [0.2, 0.25) is 0 Å². The second kappa shape index (κ2) is 11.0. The number of hydrazone groups is 1. The van der Waals surface area contributed by atoms with E-state index in [-0.39, 0.29) is 5.91 Å². The molecule has 160 valence electrons. The average molecular weight is 502 g/mol. The van der Waals surface area contributed by atoms with E-state index in [0.717, 1.165) is 21.2 Å². The van der Waals surface area contributed by atoms with Crippen LogP contribution in [0.1, 0.15) is 34.0 Å². The van der Waals surface area contributed by atoms with Gasteiger partial charge in [0.15, 0.2) is 11.5 Å². The van der Waals surface area contributed by atoms with Crippen LogP contribution in [0.4, 0.5) is 0 Å². The lowest BCUT2D eigenvalue weighted by Gasteiger charge is -2.14. The fourth-order valence-electron chi connectivity index (χ4n) is 2.70. The molecule has 3 rings (SSSR count). The molecule has 0 bridgehead atoms. The standard InChI is InChI=1S/C24H22BrClN2O3/c1-3-30-22-12-19(14-27-28-24(29)18-8-4-16(2)5-9-18)21(25)13-23(22)31-15-17-6-10-20(26)11-7-17/h4-14H,3,15H2,1-2H3,(H,28,29)/b27-14-. The lowest BCUT2D eigenvalue weighted by Crippen LogP contribution is -2.17. The van der Waals surface area contributed by atoms with Crippen molar-refractivity contribution in [1.82, 2.24) is 5.43 Å². The van der Waals surface area contributed by atoms with Gasteiger partial charge in [0.25, 0.3) is 5.91 Å². The fourth-order valence-corrected chi connectivity index (χ4v) is 3.25. The number of nitrogens with zero attached hydrogens (tertiary/aromatic N) is 1. The first kappa shape index (κ1) is 22.8. The number of hydrogen-bond acceptors (Lipinski definition) is 4. The number of nitrogens with one attached hydrogen (secondary N) is 1. The Morgan fingerprint density at radius 3 is 2.42 bits per heavy atom. The maximum Gasteiger partial charge on any atom is 0.271 e. The van der Waals surface area contributed by atoms with Crippen molar-refractivity contribution in [3.05, 3.63) is 92.4 Å². The van der Waals surface area contributed by atoms with E-state index in [2.05, 4.69) is 26.5 Å². The van der Waals surface area contributed by atoms with Crippen LogP contribution in [0.15, 0.2) is 70.2 Å². The maximum atomic E-state index is 12.2. The average Bonchev–Trinajstić information content (AvgIpc) is 2.76. The first-order chi connectivity index (χ1) is 15.0. The summed E-state index contributed by atoms with van der Waals surface area (Å²) in [6.07, 6.45) is 1.56. The number of rotatable bonds is 8. The molecule has 0 heterocycles. The third kappa shape index (κ3) is 6.57. The fraction of sp³-hybridized carbons (Fsp3) is 0.167. The van der Waals surface area contributed by atoms with Crippen LogP contribution in [-0.4, -0.2) is 18.7 Å². The zero-order valence-electron chi connectivity index (χ0n) is 17.2. The zero-order valence-corrected chi connectivity index (χ0v) is 19.5. The monoisotopic (exact) mass is 500 g/mol. The lowest BCUT2D eigenvalue weighted by atomic mass is 10.1. The molecule has 0 saturated carbocycles. The zero-order chi connectivity index (χ0) is 22.2. The highest BCUT2D eigenvalue weighted by Crippen LogP contribution is 2.34. The Kier molecular flexibility index (Phi) is 8.09. The van der Waals surface area contributed by atoms with E-state index < -0.39 is 0 Å². The van der Waals surface area contributed by atoms with Gasteiger partial charge in [-0.3, -0.25) is 4.79 Å². The third-order valence-electron chi connectivity index (χ3n) is 4.35. The lowest BCUT2D eigenvalue weighted by molar-refractivity contribution is 0.0955. The second-order valence-corrected chi connectivity index (χ2v) is 8.02. The molecule has 1 amide bonds. The maximum absolute atomic E-state index is 12.2. The van der Waals surface area contributed by atoms with E-state index in [1.54, 1.807) is 18.3 Å². The van der Waals surface area contributed by atoms with Gasteiger partial charge >= 0.3 is 0 Å². The minimum atomic E-state index is -0.277. The number of benzene rings is 3. The van der Waals surface area contributed by atoms with E-state index in [1.165, 1.54) is 0 Å². The van der Waals surface area contributed by atoms with Crippen LogP contribution in [0.2, 0.25) is 5.02 Å². The molecule has 0 aliphatic carbocycles. The van der Waals surface area contributed by atoms with Crippen molar-refractivity contribution < 1.29 is 14.3 Å². The van der Waals surface area contributed by atoms with Crippen LogP contribution >= 0.6 is 27.5 Å². The van der Waals surface area contributed by atoms with Gasteiger partial charge in [-0.2, -0.15) is 5.10 Å². The first-order valence-corrected chi connectivity index (χ1v) is 10.9. The summed E-state index contributed by atoms with van der Waals surface area (Å²) in [7, 11) is 0. The van der Waals surface area contributed by atoms with Gasteiger partial charge in [0, 0.05) is 20.6 Å². The van der Waals surface area contributed by atoms with Crippen molar-refractivity contribution in [2.45, 2.75) is 20.5 Å². The molecule has 1 N–H and O–H groups in total. The van der Waals surface area contributed by atoms with Crippen molar-refractivity contribution in [2.24, 2.45) is 5.10 Å². The number of carbonyl (C=O) groups excluding carboxylic acids is 1. The topological polar surface area (TPSA) is 59.9 Å². The highest BCUT2D eigenvalue weighted by molar-refractivity contribution is 9.10. The predicted molar refractivity (Wildman–Crippen MR) is 127 cm³/mol. The molecule has 0 radical (unpaired) electrons. The largest absolute Gasteiger partial charge is 0.490 e. The molecule has 7 heteroatoms. The van der Waals surface area contributed by atoms with Crippen LogP contribution in [0.25, 0.3) is 0 Å². The number of amides is 1. The van der Waals surface area contributed by atoms with Gasteiger partial charge in [-0.05, 0) is 71.7 Å². The molecule has 0 aliphatic heterocycles. The molecule has 0 atom stereocenters. The van der Waals surface area contributed by atoms with E-state index in [9.17, 15) is 4.79 Å². The second-order valence-electron chi connectivity index (χ2n) is 6.73. The molecule has 3 aromatic rings. The van der Waals surface area contributed by atoms with Crippen molar-refractivity contribution in [1.29, 1.82) is 0 Å². The summed E-state index contributed by atoms with van der Waals surface area (Å²) in [5.41, 5.74) is 5.91. The van der Waals surface area contributed by atoms with Crippen molar-refractivity contribution >= 4 is 39.7 Å². The Balaban J connectivity index is 1.71. The van der Waals surface area contributed by atoms with Crippen LogP contribution in [-0.2, 0) is 6.61 Å². The van der Waals surface area contributed by atoms with E-state index >= 15 is 0 Å². The van der Waals surface area contributed by atoms with Gasteiger partial charge in [-0.25, -0.2) is 5.43 Å². The summed E-state index contributed by atoms with van der Waals surface area (Å²) in [6, 6.07) is 18.4. The molecular weight excluding hydrogens is 480 g/mol. The summed E-state index contributed by atoms with van der Waals surface area (Å²) >= 11 is 9.46. The first-order valence-electron chi connectivity index (χ1n) is 9.70. The van der Waals surface area contributed by atoms with Crippen molar-refractivity contribution in [2.75, 3.05) is 6.61 Å². The molecule has 3 aromatic carbocycles. The van der Waals surface area contributed by atoms with E-state index in [1.807, 2.05) is 62.4 Å². The van der Waals surface area contributed by atoms with Crippen LogP contribution in [0, 0.1) is 6.92 Å². The van der Waals surface area contributed by atoms with Crippen LogP contribution in [0.3, 0.4) is 0 Å². The van der Waals surface area contributed by atoms with Gasteiger partial charge in [-0.15, -0.1) is 0 Å². The molecule has 0 saturated heterocycles. The Morgan fingerprint density at radius 1 is 1.06 bits per heavy atom. The minimum absolute atomic E-state index is 0.277. The number of halogens is 2. The summed E-state index contributed by atoms with van der Waals surface area (Å²) in [6.45, 7) is 4.74. The van der Waals surface area contributed by atoms with E-state index in [4.69, 9.17) is 21.1 Å². The Bertz CT molecular complexity index is 1070. The quantitative estimate of drug-likeness (QED) is 0.297. The highest BCUT2D eigenvalue weighted by atomic mass is 79.9. The van der Waals surface area contributed by atoms with Crippen molar-refractivity contribution in [3.8, 4) is 11.5 Å². The summed E-state index contributed by atoms with van der Waals surface area (Å²) in [4.78, 5) is 12.2. The van der Waals surface area contributed by atoms with Gasteiger partial charge < -0.3 is 9.47 Å². The number of carbonyl (C=O) groups is 1. The Hall–Kier alpha value is -2.83. The van der Waals surface area contributed by atoms with E-state index in [0.29, 0.717) is 35.3 Å². The van der Waals surface area contributed by atoms with Crippen molar-refractivity contribution in [3.63, 3.8) is 0 Å². The predicted octanol–water partition coefficient (Wildman–Crippen LogP) is 6.15. The highest BCUT2D eigenvalue weighted by Gasteiger charge is 2.11. The minimum Gasteiger partial charge on any atom is -0.490 e. The van der Waals surface area contributed by atoms with Gasteiger partial charge in [0.05, 0.1) is 12.8 Å². The number of hydrogen-bond donors (Lipinski definition) is 1. The number of aryl methyl sites for hydroxylation is 1. The summed E-state index contributed by atoms with van der Waals surface area (Å²) in [5.74, 6) is 0.913. The summed E-state index contributed by atoms with van der Waals surface area (Å²) < 4.78 is 12.4. The normalized spacial score (nSPS) is 10.8. The molecule has 0 spiro atoms. The molecule has 31 heavy (non-hydrogen) atoms. The molecule has 0 aliphatic rings. The molecular formula is C24H22BrClN2O3. The molecule has 0 aromatic heterocycles. The molecule has 0 unspecified atom stereocenters. The number of ether oxygens (including phenoxy) is 2. The third-order valence-corrected chi connectivity index (χ3v) is 5.29. The molecule has 5 nitrogen and oxygen atoms in total. The Morgan fingerprint density at radius 2 is 1.74 bits per heavy atom. The smallest absolute Gasteiger partial charge is 0.271 e. The summed E-state index contributed by atoms with van der Waals surface area (Å²) in [5, 5.41) is 4.75. The Labute approximate surface area is 195 Å².